The molecule has 0 unspecified atom stereocenters. The summed E-state index contributed by atoms with van der Waals surface area (Å²) < 4.78 is 7.00. The van der Waals surface area contributed by atoms with E-state index in [1.54, 1.807) is 28.9 Å². The summed E-state index contributed by atoms with van der Waals surface area (Å²) in [4.78, 5) is 19.3. The molecule has 1 aliphatic heterocycles. The number of methoxy groups -OCH3 is 1. The van der Waals surface area contributed by atoms with Crippen LogP contribution < -0.4 is 9.64 Å². The van der Waals surface area contributed by atoms with Crippen molar-refractivity contribution in [3.63, 3.8) is 0 Å². The minimum absolute atomic E-state index is 0.000364. The lowest BCUT2D eigenvalue weighted by molar-refractivity contribution is -0.124. The van der Waals surface area contributed by atoms with Crippen molar-refractivity contribution in [3.05, 3.63) is 42.9 Å². The van der Waals surface area contributed by atoms with E-state index < -0.39 is 5.41 Å². The van der Waals surface area contributed by atoms with E-state index in [0.29, 0.717) is 12.4 Å². The highest BCUT2D eigenvalue weighted by molar-refractivity contribution is 6.05. The second-order valence-corrected chi connectivity index (χ2v) is 7.93. The Balaban J connectivity index is 1.59. The van der Waals surface area contributed by atoms with Gasteiger partial charge in [0.1, 0.15) is 5.41 Å². The van der Waals surface area contributed by atoms with Crippen LogP contribution in [0.5, 0.6) is 5.88 Å². The SMILES string of the molecule is COc1cc(-c2cc3c(N4C[C@@H](C)[C@@](C#N)(C5CC5)C4=O)ccnn3c2)ccn1. The van der Waals surface area contributed by atoms with Crippen molar-refractivity contribution in [1.82, 2.24) is 14.6 Å². The number of hydrogen-bond donors (Lipinski definition) is 0. The number of fused-ring (bicyclic) bond motifs is 1. The summed E-state index contributed by atoms with van der Waals surface area (Å²) in [5.74, 6) is 0.651. The zero-order chi connectivity index (χ0) is 20.2. The van der Waals surface area contributed by atoms with E-state index >= 15 is 0 Å². The first-order valence-corrected chi connectivity index (χ1v) is 9.79. The first-order valence-electron chi connectivity index (χ1n) is 9.79. The second kappa shape index (κ2) is 6.31. The van der Waals surface area contributed by atoms with Gasteiger partial charge < -0.3 is 9.64 Å². The van der Waals surface area contributed by atoms with Crippen molar-refractivity contribution in [2.45, 2.75) is 19.8 Å². The molecule has 1 saturated carbocycles. The number of nitrogens with zero attached hydrogens (tertiary/aromatic N) is 5. The molecular weight excluding hydrogens is 366 g/mol. The van der Waals surface area contributed by atoms with Gasteiger partial charge in [0.15, 0.2) is 0 Å². The van der Waals surface area contributed by atoms with E-state index in [9.17, 15) is 10.1 Å². The van der Waals surface area contributed by atoms with Crippen LogP contribution in [0.2, 0.25) is 0 Å². The Labute approximate surface area is 168 Å². The maximum atomic E-state index is 13.4. The summed E-state index contributed by atoms with van der Waals surface area (Å²) in [6, 6.07) is 10.0. The molecule has 0 spiro atoms. The Hall–Kier alpha value is -3.40. The molecule has 1 aliphatic carbocycles. The first-order chi connectivity index (χ1) is 14.1. The van der Waals surface area contributed by atoms with Crippen molar-refractivity contribution < 1.29 is 9.53 Å². The first kappa shape index (κ1) is 17.7. The molecule has 1 saturated heterocycles. The van der Waals surface area contributed by atoms with Crippen LogP contribution in [-0.4, -0.2) is 34.2 Å². The molecule has 3 aromatic rings. The second-order valence-electron chi connectivity index (χ2n) is 7.93. The number of aromatic nitrogens is 3. The zero-order valence-electron chi connectivity index (χ0n) is 16.4. The molecule has 0 N–H and O–H groups in total. The summed E-state index contributed by atoms with van der Waals surface area (Å²) >= 11 is 0. The number of carbonyl (C=O) groups is 1. The van der Waals surface area contributed by atoms with Gasteiger partial charge in [-0.25, -0.2) is 9.50 Å². The van der Waals surface area contributed by atoms with E-state index in [2.05, 4.69) is 16.2 Å². The predicted molar refractivity (Wildman–Crippen MR) is 107 cm³/mol. The smallest absolute Gasteiger partial charge is 0.248 e. The van der Waals surface area contributed by atoms with E-state index in [-0.39, 0.29) is 17.7 Å². The van der Waals surface area contributed by atoms with Gasteiger partial charge in [-0.2, -0.15) is 10.4 Å². The average Bonchev–Trinajstić information content (AvgIpc) is 3.44. The number of ether oxygens (including phenoxy) is 1. The van der Waals surface area contributed by atoms with Gasteiger partial charge in [-0.1, -0.05) is 6.92 Å². The molecule has 0 bridgehead atoms. The number of rotatable bonds is 4. The molecule has 7 heteroatoms. The normalized spacial score (nSPS) is 24.1. The largest absolute Gasteiger partial charge is 0.481 e. The van der Waals surface area contributed by atoms with Crippen LogP contribution in [0.25, 0.3) is 16.6 Å². The van der Waals surface area contributed by atoms with Crippen LogP contribution in [0.4, 0.5) is 5.69 Å². The topological polar surface area (TPSA) is 83.5 Å². The van der Waals surface area contributed by atoms with Gasteiger partial charge in [0.25, 0.3) is 0 Å². The molecule has 5 rings (SSSR count). The lowest BCUT2D eigenvalue weighted by atomic mass is 9.75. The number of amides is 1. The van der Waals surface area contributed by atoms with Crippen LogP contribution in [0, 0.1) is 28.6 Å². The van der Waals surface area contributed by atoms with Gasteiger partial charge in [0.05, 0.1) is 24.4 Å². The minimum Gasteiger partial charge on any atom is -0.481 e. The van der Waals surface area contributed by atoms with Gasteiger partial charge in [0.2, 0.25) is 11.8 Å². The summed E-state index contributed by atoms with van der Waals surface area (Å²) in [5.41, 5.74) is 2.65. The number of nitriles is 1. The van der Waals surface area contributed by atoms with Crippen molar-refractivity contribution in [2.75, 3.05) is 18.6 Å². The van der Waals surface area contributed by atoms with Crippen LogP contribution in [0.15, 0.2) is 42.9 Å². The molecule has 2 atom stereocenters. The summed E-state index contributed by atoms with van der Waals surface area (Å²) in [6.45, 7) is 2.57. The Kier molecular flexibility index (Phi) is 3.85. The molecule has 2 fully saturated rings. The third-order valence-corrected chi connectivity index (χ3v) is 6.29. The minimum atomic E-state index is -0.895. The lowest BCUT2D eigenvalue weighted by Gasteiger charge is -2.23. The highest BCUT2D eigenvalue weighted by atomic mass is 16.5. The fourth-order valence-electron chi connectivity index (χ4n) is 4.59. The Morgan fingerprint density at radius 2 is 2.07 bits per heavy atom. The number of carbonyl (C=O) groups excluding carboxylic acids is 1. The summed E-state index contributed by atoms with van der Waals surface area (Å²) in [5, 5.41) is 14.3. The highest BCUT2D eigenvalue weighted by Gasteiger charge is 2.61. The quantitative estimate of drug-likeness (QED) is 0.686. The highest BCUT2D eigenvalue weighted by Crippen LogP contribution is 2.54. The maximum absolute atomic E-state index is 13.4. The average molecular weight is 387 g/mol. The Morgan fingerprint density at radius 3 is 2.79 bits per heavy atom. The van der Waals surface area contributed by atoms with Crippen LogP contribution in [0.3, 0.4) is 0 Å². The fraction of sp³-hybridized carbons (Fsp3) is 0.364. The molecule has 0 aromatic carbocycles. The van der Waals surface area contributed by atoms with Crippen LogP contribution in [0.1, 0.15) is 19.8 Å². The van der Waals surface area contributed by atoms with Gasteiger partial charge in [-0.15, -0.1) is 0 Å². The van der Waals surface area contributed by atoms with Crippen LogP contribution in [-0.2, 0) is 4.79 Å². The van der Waals surface area contributed by atoms with Crippen LogP contribution >= 0.6 is 0 Å². The molecule has 146 valence electrons. The van der Waals surface area contributed by atoms with E-state index in [1.165, 1.54) is 0 Å². The third kappa shape index (κ3) is 2.52. The molecule has 3 aromatic heterocycles. The zero-order valence-corrected chi connectivity index (χ0v) is 16.4. The van der Waals surface area contributed by atoms with Crippen molar-refractivity contribution >= 4 is 17.1 Å². The molecule has 0 radical (unpaired) electrons. The van der Waals surface area contributed by atoms with Gasteiger partial charge in [-0.05, 0) is 42.5 Å². The van der Waals surface area contributed by atoms with E-state index in [0.717, 1.165) is 35.2 Å². The molecule has 7 nitrogen and oxygen atoms in total. The maximum Gasteiger partial charge on any atom is 0.248 e. The van der Waals surface area contributed by atoms with Gasteiger partial charge in [0, 0.05) is 42.7 Å². The van der Waals surface area contributed by atoms with Crippen molar-refractivity contribution in [3.8, 4) is 23.1 Å². The lowest BCUT2D eigenvalue weighted by Crippen LogP contribution is -2.37. The van der Waals surface area contributed by atoms with Crippen molar-refractivity contribution in [2.24, 2.45) is 17.3 Å². The van der Waals surface area contributed by atoms with E-state index in [1.807, 2.05) is 37.4 Å². The number of anilines is 1. The standard InChI is InChI=1S/C22H21N5O2/c1-14-11-26(21(28)22(14,13-23)17-3-4-17)18-6-8-25-27-12-16(9-19(18)27)15-5-7-24-20(10-15)29-2/h5-10,12,14,17H,3-4,11H2,1-2H3/t14-,22+/m1/s1. The monoisotopic (exact) mass is 387 g/mol. The predicted octanol–water partition coefficient (Wildman–Crippen LogP) is 3.31. The Bertz CT molecular complexity index is 1160. The third-order valence-electron chi connectivity index (χ3n) is 6.29. The van der Waals surface area contributed by atoms with E-state index in [4.69, 9.17) is 4.74 Å². The number of hydrogen-bond acceptors (Lipinski definition) is 5. The summed E-state index contributed by atoms with van der Waals surface area (Å²) in [7, 11) is 1.59. The van der Waals surface area contributed by atoms with Crippen molar-refractivity contribution in [1.29, 1.82) is 5.26 Å². The molecule has 2 aliphatic rings. The molecule has 1 amide bonds. The van der Waals surface area contributed by atoms with Gasteiger partial charge >= 0.3 is 0 Å². The summed E-state index contributed by atoms with van der Waals surface area (Å²) in [6.07, 6.45) is 7.24. The fourth-order valence-corrected chi connectivity index (χ4v) is 4.59. The molecular formula is C22H21N5O2. The Morgan fingerprint density at radius 1 is 1.24 bits per heavy atom. The molecule has 4 heterocycles. The molecule has 29 heavy (non-hydrogen) atoms. The number of pyridine rings is 1. The van der Waals surface area contributed by atoms with Gasteiger partial charge in [-0.3, -0.25) is 4.79 Å².